The molecule has 4 heteroatoms. The van der Waals surface area contributed by atoms with E-state index in [-0.39, 0.29) is 17.9 Å². The van der Waals surface area contributed by atoms with Crippen LogP contribution in [0.3, 0.4) is 0 Å². The molecule has 45 heavy (non-hydrogen) atoms. The second kappa shape index (κ2) is 10.7. The van der Waals surface area contributed by atoms with E-state index in [1.165, 1.54) is 61.8 Å². The van der Waals surface area contributed by atoms with E-state index >= 15 is 0 Å². The molecule has 3 unspecified atom stereocenters. The molecule has 3 atom stereocenters. The van der Waals surface area contributed by atoms with Crippen LogP contribution in [-0.2, 0) is 6.42 Å². The Morgan fingerprint density at radius 1 is 0.822 bits per heavy atom. The van der Waals surface area contributed by atoms with E-state index in [0.29, 0.717) is 0 Å². The Kier molecular flexibility index (Phi) is 6.29. The van der Waals surface area contributed by atoms with Gasteiger partial charge in [-0.1, -0.05) is 85.0 Å². The summed E-state index contributed by atoms with van der Waals surface area (Å²) in [6, 6.07) is 13.7. The SMILES string of the molecule is CN1C=CC2=C(C1)N(C1=CC=CC(c3ccc4c(n3)CCC=C4)C1)C1C=CC=CC1c1c2c2ccccc2n1C1=CC=CCC1. The molecular weight excluding hydrogens is 548 g/mol. The minimum atomic E-state index is 0.170. The number of para-hydroxylation sites is 1. The maximum Gasteiger partial charge on any atom is 0.0638 e. The smallest absolute Gasteiger partial charge is 0.0638 e. The Balaban J connectivity index is 1.22. The maximum atomic E-state index is 5.21. The van der Waals surface area contributed by atoms with Gasteiger partial charge in [-0.3, -0.25) is 4.98 Å². The van der Waals surface area contributed by atoms with Crippen LogP contribution in [0.15, 0.2) is 127 Å². The fourth-order valence-corrected chi connectivity index (χ4v) is 8.25. The van der Waals surface area contributed by atoms with E-state index in [0.717, 1.165) is 38.6 Å². The zero-order valence-corrected chi connectivity index (χ0v) is 25.8. The first-order chi connectivity index (χ1) is 22.2. The molecular formula is C41H38N4. The summed E-state index contributed by atoms with van der Waals surface area (Å²) in [4.78, 5) is 10.2. The molecule has 2 aliphatic heterocycles. The molecule has 0 saturated heterocycles. The standard InChI is InChI=1S/C41H38N4/c1-43-25-24-33-39(27-43)44(31-16-11-13-29(26-31)36-23-22-28-12-5-8-19-35(28)42-36)38-21-10-7-18-34(38)41-40(33)32-17-6-9-20-37(32)45(41)30-14-3-2-4-15-30/h2-3,5-7,9-14,16-18,20-25,29,34,38H,4,8,15,19,26-27H2,1H3. The minimum absolute atomic E-state index is 0.170. The molecule has 6 aliphatic rings. The lowest BCUT2D eigenvalue weighted by molar-refractivity contribution is 0.296. The Hall–Kier alpha value is -4.83. The summed E-state index contributed by atoms with van der Waals surface area (Å²) in [5.41, 5.74) is 13.3. The predicted octanol–water partition coefficient (Wildman–Crippen LogP) is 8.88. The van der Waals surface area contributed by atoms with Crippen LogP contribution < -0.4 is 0 Å². The van der Waals surface area contributed by atoms with Gasteiger partial charge in [-0.15, -0.1) is 0 Å². The van der Waals surface area contributed by atoms with Crippen LogP contribution in [0.2, 0.25) is 0 Å². The number of hydrogen-bond acceptors (Lipinski definition) is 3. The maximum absolute atomic E-state index is 5.21. The molecule has 222 valence electrons. The monoisotopic (exact) mass is 586 g/mol. The minimum Gasteiger partial charge on any atom is -0.375 e. The van der Waals surface area contributed by atoms with Crippen LogP contribution in [0.5, 0.6) is 0 Å². The summed E-state index contributed by atoms with van der Waals surface area (Å²) < 4.78 is 2.61. The summed E-state index contributed by atoms with van der Waals surface area (Å²) in [6.45, 7) is 0.867. The number of likely N-dealkylation sites (N-methyl/N-ethyl adjacent to an activating group) is 1. The van der Waals surface area contributed by atoms with Crippen LogP contribution in [0.4, 0.5) is 0 Å². The lowest BCUT2D eigenvalue weighted by Gasteiger charge is -2.42. The zero-order chi connectivity index (χ0) is 29.9. The highest BCUT2D eigenvalue weighted by atomic mass is 15.2. The molecule has 0 amide bonds. The van der Waals surface area contributed by atoms with Crippen molar-refractivity contribution < 1.29 is 0 Å². The fraction of sp³-hybridized carbons (Fsp3) is 0.244. The second-order valence-electron chi connectivity index (χ2n) is 13.1. The van der Waals surface area contributed by atoms with Gasteiger partial charge in [0.1, 0.15) is 0 Å². The Labute approximate surface area is 265 Å². The van der Waals surface area contributed by atoms with Crippen molar-refractivity contribution in [3.63, 3.8) is 0 Å². The summed E-state index contributed by atoms with van der Waals surface area (Å²) in [5.74, 6) is 0.454. The lowest BCUT2D eigenvalue weighted by atomic mass is 9.86. The number of allylic oxidation sites excluding steroid dienone is 13. The van der Waals surface area contributed by atoms with E-state index in [4.69, 9.17) is 4.98 Å². The van der Waals surface area contributed by atoms with Gasteiger partial charge in [0.2, 0.25) is 0 Å². The van der Waals surface area contributed by atoms with Crippen molar-refractivity contribution >= 4 is 28.2 Å². The van der Waals surface area contributed by atoms with Crippen molar-refractivity contribution in [1.82, 2.24) is 19.4 Å². The lowest BCUT2D eigenvalue weighted by Crippen LogP contribution is -2.41. The number of aromatic nitrogens is 2. The van der Waals surface area contributed by atoms with Gasteiger partial charge in [0, 0.05) is 69.6 Å². The van der Waals surface area contributed by atoms with Crippen LogP contribution in [0.1, 0.15) is 65.7 Å². The molecule has 9 rings (SSSR count). The molecule has 1 aromatic carbocycles. The summed E-state index contributed by atoms with van der Waals surface area (Å²) >= 11 is 0. The van der Waals surface area contributed by atoms with Crippen molar-refractivity contribution in [3.8, 4) is 0 Å². The summed E-state index contributed by atoms with van der Waals surface area (Å²) in [6.07, 6.45) is 37.6. The third-order valence-electron chi connectivity index (χ3n) is 10.3. The Bertz CT molecular complexity index is 2000. The van der Waals surface area contributed by atoms with Crippen LogP contribution in [0, 0.1) is 0 Å². The molecule has 0 radical (unpaired) electrons. The van der Waals surface area contributed by atoms with Gasteiger partial charge < -0.3 is 14.4 Å². The van der Waals surface area contributed by atoms with Gasteiger partial charge in [-0.25, -0.2) is 0 Å². The molecule has 3 aromatic rings. The van der Waals surface area contributed by atoms with Gasteiger partial charge in [-0.2, -0.15) is 0 Å². The topological polar surface area (TPSA) is 24.3 Å². The first-order valence-electron chi connectivity index (χ1n) is 16.5. The molecule has 0 saturated carbocycles. The highest BCUT2D eigenvalue weighted by molar-refractivity contribution is 6.01. The highest BCUT2D eigenvalue weighted by Gasteiger charge is 2.41. The van der Waals surface area contributed by atoms with E-state index in [9.17, 15) is 0 Å². The average Bonchev–Trinajstić information content (AvgIpc) is 3.38. The van der Waals surface area contributed by atoms with Gasteiger partial charge in [-0.05, 0) is 74.2 Å². The Morgan fingerprint density at radius 3 is 2.64 bits per heavy atom. The molecule has 4 nitrogen and oxygen atoms in total. The zero-order valence-electron chi connectivity index (χ0n) is 25.8. The fourth-order valence-electron chi connectivity index (χ4n) is 8.25. The van der Waals surface area contributed by atoms with Crippen molar-refractivity contribution in [2.45, 2.75) is 50.0 Å². The largest absolute Gasteiger partial charge is 0.375 e. The van der Waals surface area contributed by atoms with Gasteiger partial charge >= 0.3 is 0 Å². The number of fused-ring (bicyclic) bond motifs is 7. The Morgan fingerprint density at radius 2 is 1.71 bits per heavy atom. The van der Waals surface area contributed by atoms with Crippen molar-refractivity contribution in [2.24, 2.45) is 0 Å². The van der Waals surface area contributed by atoms with E-state index in [2.05, 4.69) is 143 Å². The van der Waals surface area contributed by atoms with E-state index < -0.39 is 0 Å². The van der Waals surface area contributed by atoms with E-state index in [1.807, 2.05) is 0 Å². The number of benzene rings is 1. The number of rotatable bonds is 3. The summed E-state index contributed by atoms with van der Waals surface area (Å²) in [7, 11) is 2.20. The van der Waals surface area contributed by atoms with Gasteiger partial charge in [0.15, 0.2) is 0 Å². The predicted molar refractivity (Wildman–Crippen MR) is 186 cm³/mol. The highest BCUT2D eigenvalue weighted by Crippen LogP contribution is 2.50. The number of nitrogens with zero attached hydrogens (tertiary/aromatic N) is 4. The number of hydrogen-bond donors (Lipinski definition) is 0. The van der Waals surface area contributed by atoms with Crippen LogP contribution in [-0.4, -0.2) is 39.0 Å². The summed E-state index contributed by atoms with van der Waals surface area (Å²) in [5, 5.41) is 1.34. The number of aryl methyl sites for hydroxylation is 1. The number of pyridine rings is 1. The first-order valence-corrected chi connectivity index (χ1v) is 16.5. The average molecular weight is 587 g/mol. The third-order valence-corrected chi connectivity index (χ3v) is 10.3. The van der Waals surface area contributed by atoms with Crippen molar-refractivity contribution in [3.05, 3.63) is 155 Å². The van der Waals surface area contributed by atoms with E-state index in [1.54, 1.807) is 0 Å². The molecule has 2 aromatic heterocycles. The normalized spacial score (nSPS) is 24.7. The van der Waals surface area contributed by atoms with Crippen LogP contribution in [0.25, 0.3) is 28.2 Å². The molecule has 0 spiro atoms. The quantitative estimate of drug-likeness (QED) is 0.306. The second-order valence-corrected chi connectivity index (χ2v) is 13.1. The molecule has 0 fully saturated rings. The molecule has 4 heterocycles. The first kappa shape index (κ1) is 26.6. The molecule has 0 N–H and O–H groups in total. The van der Waals surface area contributed by atoms with Gasteiger partial charge in [0.25, 0.3) is 0 Å². The van der Waals surface area contributed by atoms with Crippen molar-refractivity contribution in [2.75, 3.05) is 13.6 Å². The van der Waals surface area contributed by atoms with Gasteiger partial charge in [0.05, 0.1) is 18.1 Å². The third kappa shape index (κ3) is 4.30. The van der Waals surface area contributed by atoms with Crippen molar-refractivity contribution in [1.29, 1.82) is 0 Å². The van der Waals surface area contributed by atoms with Crippen LogP contribution >= 0.6 is 0 Å². The molecule has 0 bridgehead atoms. The molecule has 4 aliphatic carbocycles.